The van der Waals surface area contributed by atoms with Crippen LogP contribution in [0.15, 0.2) is 44.8 Å². The fraction of sp³-hybridized carbons (Fsp3) is 0.111. The molecule has 2 aromatic heterocycles. The first kappa shape index (κ1) is 18.5. The minimum Gasteiger partial charge on any atom is -0.478 e. The van der Waals surface area contributed by atoms with E-state index in [1.54, 1.807) is 25.1 Å². The predicted molar refractivity (Wildman–Crippen MR) is 98.4 cm³/mol. The SMILES string of the molecule is Cc1nc(SC(=Cc2ccc(-c3cc(C(=O)O)ccc3C)o2)C(=O)O)n[nH]1. The van der Waals surface area contributed by atoms with Crippen molar-refractivity contribution in [1.29, 1.82) is 0 Å². The van der Waals surface area contributed by atoms with Gasteiger partial charge in [0, 0.05) is 11.6 Å². The molecule has 9 heteroatoms. The number of nitrogens with zero attached hydrogens (tertiary/aromatic N) is 2. The largest absolute Gasteiger partial charge is 0.478 e. The van der Waals surface area contributed by atoms with Crippen LogP contribution in [0.3, 0.4) is 0 Å². The Morgan fingerprint density at radius 2 is 1.96 bits per heavy atom. The Kier molecular flexibility index (Phi) is 5.13. The van der Waals surface area contributed by atoms with Crippen LogP contribution < -0.4 is 0 Å². The van der Waals surface area contributed by atoms with E-state index in [2.05, 4.69) is 15.2 Å². The smallest absolute Gasteiger partial charge is 0.342 e. The third kappa shape index (κ3) is 4.26. The van der Waals surface area contributed by atoms with E-state index in [1.165, 1.54) is 18.2 Å². The number of nitrogens with one attached hydrogen (secondary N) is 1. The summed E-state index contributed by atoms with van der Waals surface area (Å²) in [7, 11) is 0. The molecule has 3 N–H and O–H groups in total. The van der Waals surface area contributed by atoms with Gasteiger partial charge in [-0.15, -0.1) is 5.10 Å². The van der Waals surface area contributed by atoms with Crippen LogP contribution in [0, 0.1) is 13.8 Å². The molecular formula is C18H15N3O5S. The lowest BCUT2D eigenvalue weighted by atomic mass is 10.0. The van der Waals surface area contributed by atoms with Crippen molar-refractivity contribution in [2.45, 2.75) is 19.0 Å². The molecule has 0 saturated heterocycles. The van der Waals surface area contributed by atoms with Crippen molar-refractivity contribution >= 4 is 29.8 Å². The zero-order chi connectivity index (χ0) is 19.6. The molecule has 0 aliphatic heterocycles. The van der Waals surface area contributed by atoms with Crippen LogP contribution in [0.4, 0.5) is 0 Å². The van der Waals surface area contributed by atoms with Gasteiger partial charge in [-0.3, -0.25) is 5.10 Å². The van der Waals surface area contributed by atoms with Crippen molar-refractivity contribution in [2.75, 3.05) is 0 Å². The fourth-order valence-corrected chi connectivity index (χ4v) is 3.06. The van der Waals surface area contributed by atoms with Crippen molar-refractivity contribution in [3.63, 3.8) is 0 Å². The number of H-pyrrole nitrogens is 1. The summed E-state index contributed by atoms with van der Waals surface area (Å²) in [5.41, 5.74) is 1.61. The maximum absolute atomic E-state index is 11.5. The molecule has 0 bridgehead atoms. The molecule has 0 amide bonds. The van der Waals surface area contributed by atoms with Crippen LogP contribution in [0.2, 0.25) is 0 Å². The number of thioether (sulfide) groups is 1. The highest BCUT2D eigenvalue weighted by atomic mass is 32.2. The summed E-state index contributed by atoms with van der Waals surface area (Å²) >= 11 is 0.897. The number of aryl methyl sites for hydroxylation is 2. The van der Waals surface area contributed by atoms with Gasteiger partial charge in [0.05, 0.1) is 5.56 Å². The second-order valence-electron chi connectivity index (χ2n) is 5.66. The molecule has 0 unspecified atom stereocenters. The summed E-state index contributed by atoms with van der Waals surface area (Å²) in [4.78, 5) is 26.7. The van der Waals surface area contributed by atoms with Gasteiger partial charge in [-0.05, 0) is 55.4 Å². The Morgan fingerprint density at radius 1 is 1.19 bits per heavy atom. The molecule has 0 aliphatic carbocycles. The zero-order valence-electron chi connectivity index (χ0n) is 14.4. The van der Waals surface area contributed by atoms with Crippen molar-refractivity contribution in [3.8, 4) is 11.3 Å². The quantitative estimate of drug-likeness (QED) is 0.433. The summed E-state index contributed by atoms with van der Waals surface area (Å²) in [6.07, 6.45) is 1.37. The second-order valence-corrected chi connectivity index (χ2v) is 6.67. The molecule has 3 aromatic rings. The maximum Gasteiger partial charge on any atom is 0.342 e. The van der Waals surface area contributed by atoms with E-state index in [1.807, 2.05) is 6.92 Å². The minimum absolute atomic E-state index is 0.00842. The van der Waals surface area contributed by atoms with E-state index < -0.39 is 11.9 Å². The summed E-state index contributed by atoms with van der Waals surface area (Å²) < 4.78 is 5.71. The van der Waals surface area contributed by atoms with Gasteiger partial charge in [0.15, 0.2) is 0 Å². The molecular weight excluding hydrogens is 370 g/mol. The Bertz CT molecular complexity index is 1050. The van der Waals surface area contributed by atoms with Gasteiger partial charge in [-0.2, -0.15) is 0 Å². The lowest BCUT2D eigenvalue weighted by Crippen LogP contribution is -1.97. The molecule has 0 atom stereocenters. The summed E-state index contributed by atoms with van der Waals surface area (Å²) in [5, 5.41) is 25.4. The fourth-order valence-electron chi connectivity index (χ4n) is 2.33. The molecule has 0 radical (unpaired) electrons. The number of benzene rings is 1. The Balaban J connectivity index is 1.92. The molecule has 0 aliphatic rings. The number of carbonyl (C=O) groups is 2. The van der Waals surface area contributed by atoms with Crippen LogP contribution >= 0.6 is 11.8 Å². The molecule has 8 nitrogen and oxygen atoms in total. The highest BCUT2D eigenvalue weighted by Gasteiger charge is 2.15. The standard InChI is InChI=1S/C18H15N3O5S/c1-9-3-4-11(16(22)23)7-13(9)14-6-5-12(26-14)8-15(17(24)25)27-18-19-10(2)20-21-18/h3-8H,1-2H3,(H,22,23)(H,24,25)(H,19,20,21). The Labute approximate surface area is 157 Å². The van der Waals surface area contributed by atoms with Crippen LogP contribution in [0.1, 0.15) is 27.5 Å². The van der Waals surface area contributed by atoms with E-state index in [9.17, 15) is 14.7 Å². The highest BCUT2D eigenvalue weighted by Crippen LogP contribution is 2.30. The predicted octanol–water partition coefficient (Wildman–Crippen LogP) is 3.60. The average molecular weight is 385 g/mol. The van der Waals surface area contributed by atoms with Crippen molar-refractivity contribution in [3.05, 3.63) is 57.9 Å². The van der Waals surface area contributed by atoms with E-state index in [4.69, 9.17) is 9.52 Å². The van der Waals surface area contributed by atoms with Crippen LogP contribution in [-0.4, -0.2) is 37.3 Å². The first-order valence-corrected chi connectivity index (χ1v) is 8.61. The number of furan rings is 1. The van der Waals surface area contributed by atoms with Gasteiger partial charge >= 0.3 is 11.9 Å². The number of hydrogen-bond donors (Lipinski definition) is 3. The third-order valence-corrected chi connectivity index (χ3v) is 4.52. The molecule has 138 valence electrons. The minimum atomic E-state index is -1.13. The highest BCUT2D eigenvalue weighted by molar-refractivity contribution is 8.04. The van der Waals surface area contributed by atoms with E-state index in [0.717, 1.165) is 17.3 Å². The topological polar surface area (TPSA) is 129 Å². The lowest BCUT2D eigenvalue weighted by molar-refractivity contribution is -0.131. The number of aromatic amines is 1. The van der Waals surface area contributed by atoms with Crippen LogP contribution in [0.5, 0.6) is 0 Å². The van der Waals surface area contributed by atoms with Gasteiger partial charge in [-0.1, -0.05) is 6.07 Å². The van der Waals surface area contributed by atoms with E-state index >= 15 is 0 Å². The number of aromatic nitrogens is 3. The van der Waals surface area contributed by atoms with Gasteiger partial charge in [-0.25, -0.2) is 14.6 Å². The van der Waals surface area contributed by atoms with Crippen molar-refractivity contribution < 1.29 is 24.2 Å². The first-order chi connectivity index (χ1) is 12.8. The van der Waals surface area contributed by atoms with E-state index in [0.29, 0.717) is 22.9 Å². The molecule has 0 saturated carbocycles. The molecule has 2 heterocycles. The number of aliphatic carboxylic acids is 1. The number of rotatable bonds is 6. The maximum atomic E-state index is 11.5. The Hall–Kier alpha value is -3.33. The van der Waals surface area contributed by atoms with Crippen molar-refractivity contribution in [1.82, 2.24) is 15.2 Å². The van der Waals surface area contributed by atoms with Crippen molar-refractivity contribution in [2.24, 2.45) is 0 Å². The average Bonchev–Trinajstić information content (AvgIpc) is 3.23. The molecule has 27 heavy (non-hydrogen) atoms. The normalized spacial score (nSPS) is 11.6. The molecule has 0 spiro atoms. The summed E-state index contributed by atoms with van der Waals surface area (Å²) in [6.45, 7) is 3.55. The third-order valence-electron chi connectivity index (χ3n) is 3.64. The number of carboxylic acid groups (broad SMARTS) is 2. The van der Waals surface area contributed by atoms with Gasteiger partial charge in [0.1, 0.15) is 22.3 Å². The summed E-state index contributed by atoms with van der Waals surface area (Å²) in [5.74, 6) is -0.817. The Morgan fingerprint density at radius 3 is 2.59 bits per heavy atom. The molecule has 1 aromatic carbocycles. The monoisotopic (exact) mass is 385 g/mol. The number of carboxylic acids is 2. The zero-order valence-corrected chi connectivity index (χ0v) is 15.2. The van der Waals surface area contributed by atoms with Crippen LogP contribution in [0.25, 0.3) is 17.4 Å². The number of aromatic carboxylic acids is 1. The molecule has 3 rings (SSSR count). The number of hydrogen-bond acceptors (Lipinski definition) is 6. The lowest BCUT2D eigenvalue weighted by Gasteiger charge is -2.04. The summed E-state index contributed by atoms with van der Waals surface area (Å²) in [6, 6.07) is 8.02. The van der Waals surface area contributed by atoms with Gasteiger partial charge < -0.3 is 14.6 Å². The second kappa shape index (κ2) is 7.50. The first-order valence-electron chi connectivity index (χ1n) is 7.79. The van der Waals surface area contributed by atoms with E-state index in [-0.39, 0.29) is 15.6 Å². The van der Waals surface area contributed by atoms with Gasteiger partial charge in [0.2, 0.25) is 5.16 Å². The van der Waals surface area contributed by atoms with Crippen LogP contribution in [-0.2, 0) is 4.79 Å². The molecule has 0 fully saturated rings. The van der Waals surface area contributed by atoms with Gasteiger partial charge in [0.25, 0.3) is 0 Å².